The van der Waals surface area contributed by atoms with E-state index < -0.39 is 11.9 Å². The van der Waals surface area contributed by atoms with Crippen molar-refractivity contribution in [3.8, 4) is 0 Å². The van der Waals surface area contributed by atoms with Crippen LogP contribution >= 0.6 is 11.6 Å². The van der Waals surface area contributed by atoms with E-state index in [9.17, 15) is 9.59 Å². The summed E-state index contributed by atoms with van der Waals surface area (Å²) >= 11 is 5.88. The topological polar surface area (TPSA) is 89.9 Å². The van der Waals surface area contributed by atoms with Gasteiger partial charge in [0.25, 0.3) is 0 Å². The van der Waals surface area contributed by atoms with Crippen molar-refractivity contribution in [3.63, 3.8) is 0 Å². The number of piperazine rings is 1. The molecule has 0 radical (unpaired) electrons. The van der Waals surface area contributed by atoms with Crippen LogP contribution in [0.5, 0.6) is 0 Å². The average Bonchev–Trinajstić information content (AvgIpc) is 2.49. The number of carboxylic acid groups (broad SMARTS) is 2. The molecule has 0 saturated carbocycles. The Bertz CT molecular complexity index is 544. The summed E-state index contributed by atoms with van der Waals surface area (Å²) in [5.74, 6) is -2.51. The minimum atomic E-state index is -1.26. The normalized spacial score (nSPS) is 20.7. The second-order valence-electron chi connectivity index (χ2n) is 5.30. The molecule has 0 spiro atoms. The highest BCUT2D eigenvalue weighted by Gasteiger charge is 2.22. The van der Waals surface area contributed by atoms with Crippen molar-refractivity contribution in [2.24, 2.45) is 0 Å². The number of nitrogens with zero attached hydrogens (tertiary/aromatic N) is 1. The molecular weight excluding hydrogens is 320 g/mol. The van der Waals surface area contributed by atoms with Gasteiger partial charge < -0.3 is 20.4 Å². The largest absolute Gasteiger partial charge is 0.478 e. The van der Waals surface area contributed by atoms with Gasteiger partial charge in [0.05, 0.1) is 0 Å². The van der Waals surface area contributed by atoms with Gasteiger partial charge in [0, 0.05) is 48.0 Å². The summed E-state index contributed by atoms with van der Waals surface area (Å²) in [5.41, 5.74) is 1.26. The van der Waals surface area contributed by atoms with Crippen LogP contribution in [0.3, 0.4) is 0 Å². The standard InChI is InChI=1S/C12H17ClN2.C4H4O4/c1-9-8-15(10(2)7-14-9)12-5-3-11(13)4-6-12;5-3(6)1-2-4(7)8/h3-6,9-10,14H,7-8H2,1-2H3;1-2H,(H,5,6)(H,7,8)/b;2-1+/t9-,10+;/m1./s1. The number of anilines is 1. The fourth-order valence-electron chi connectivity index (χ4n) is 2.16. The van der Waals surface area contributed by atoms with Crippen LogP contribution in [0, 0.1) is 0 Å². The molecule has 1 aliphatic rings. The van der Waals surface area contributed by atoms with E-state index in [2.05, 4.69) is 36.2 Å². The zero-order chi connectivity index (χ0) is 17.4. The highest BCUT2D eigenvalue weighted by atomic mass is 35.5. The Morgan fingerprint density at radius 1 is 1.17 bits per heavy atom. The molecule has 7 heteroatoms. The van der Waals surface area contributed by atoms with Crippen LogP contribution in [-0.4, -0.2) is 47.3 Å². The molecule has 0 aliphatic carbocycles. The number of hydrogen-bond donors (Lipinski definition) is 3. The van der Waals surface area contributed by atoms with Crippen molar-refractivity contribution < 1.29 is 19.8 Å². The van der Waals surface area contributed by atoms with E-state index in [1.165, 1.54) is 5.69 Å². The maximum Gasteiger partial charge on any atom is 0.328 e. The first kappa shape index (κ1) is 19.0. The van der Waals surface area contributed by atoms with Gasteiger partial charge in [-0.2, -0.15) is 0 Å². The summed E-state index contributed by atoms with van der Waals surface area (Å²) in [5, 5.41) is 19.9. The van der Waals surface area contributed by atoms with Gasteiger partial charge in [0.2, 0.25) is 0 Å². The monoisotopic (exact) mass is 340 g/mol. The van der Waals surface area contributed by atoms with E-state index in [-0.39, 0.29) is 0 Å². The number of hydrogen-bond acceptors (Lipinski definition) is 4. The number of aliphatic carboxylic acids is 2. The van der Waals surface area contributed by atoms with Gasteiger partial charge in [0.1, 0.15) is 0 Å². The Balaban J connectivity index is 0.000000284. The summed E-state index contributed by atoms with van der Waals surface area (Å²) in [6, 6.07) is 9.19. The lowest BCUT2D eigenvalue weighted by Crippen LogP contribution is -2.54. The van der Waals surface area contributed by atoms with E-state index in [4.69, 9.17) is 21.8 Å². The predicted octanol–water partition coefficient (Wildman–Crippen LogP) is 2.24. The Hall–Kier alpha value is -2.05. The van der Waals surface area contributed by atoms with Crippen LogP contribution in [-0.2, 0) is 9.59 Å². The second kappa shape index (κ2) is 9.17. The molecule has 23 heavy (non-hydrogen) atoms. The summed E-state index contributed by atoms with van der Waals surface area (Å²) < 4.78 is 0. The summed E-state index contributed by atoms with van der Waals surface area (Å²) in [6.07, 6.45) is 1.12. The van der Waals surface area contributed by atoms with Gasteiger partial charge >= 0.3 is 11.9 Å². The molecule has 1 aromatic rings. The molecule has 0 unspecified atom stereocenters. The van der Waals surface area contributed by atoms with Crippen LogP contribution in [0.1, 0.15) is 13.8 Å². The molecule has 126 valence electrons. The van der Waals surface area contributed by atoms with Gasteiger partial charge in [-0.1, -0.05) is 11.6 Å². The molecule has 1 aliphatic heterocycles. The third-order valence-corrected chi connectivity index (χ3v) is 3.54. The van der Waals surface area contributed by atoms with Crippen LogP contribution < -0.4 is 10.2 Å². The highest BCUT2D eigenvalue weighted by molar-refractivity contribution is 6.30. The summed E-state index contributed by atoms with van der Waals surface area (Å²) in [6.45, 7) is 6.56. The lowest BCUT2D eigenvalue weighted by atomic mass is 10.1. The molecule has 1 fully saturated rings. The average molecular weight is 341 g/mol. The lowest BCUT2D eigenvalue weighted by molar-refractivity contribution is -0.134. The van der Waals surface area contributed by atoms with E-state index in [1.54, 1.807) is 0 Å². The number of carboxylic acids is 2. The van der Waals surface area contributed by atoms with Crippen molar-refractivity contribution >= 4 is 29.2 Å². The Labute approximate surface area is 140 Å². The highest BCUT2D eigenvalue weighted by Crippen LogP contribution is 2.21. The van der Waals surface area contributed by atoms with Crippen molar-refractivity contribution in [1.29, 1.82) is 0 Å². The molecule has 1 saturated heterocycles. The first-order valence-corrected chi connectivity index (χ1v) is 7.57. The minimum Gasteiger partial charge on any atom is -0.478 e. The third kappa shape index (κ3) is 7.17. The van der Waals surface area contributed by atoms with Crippen molar-refractivity contribution in [2.45, 2.75) is 25.9 Å². The number of halogens is 1. The lowest BCUT2D eigenvalue weighted by Gasteiger charge is -2.39. The van der Waals surface area contributed by atoms with Gasteiger partial charge in [-0.25, -0.2) is 9.59 Å². The molecule has 1 aromatic carbocycles. The third-order valence-electron chi connectivity index (χ3n) is 3.29. The number of nitrogens with one attached hydrogen (secondary N) is 1. The molecule has 0 amide bonds. The van der Waals surface area contributed by atoms with E-state index in [0.717, 1.165) is 18.1 Å². The van der Waals surface area contributed by atoms with Gasteiger partial charge in [-0.3, -0.25) is 0 Å². The SMILES string of the molecule is C[C@@H]1CN(c2ccc(Cl)cc2)[C@@H](C)CN1.O=C(O)/C=C/C(=O)O. The molecule has 0 aromatic heterocycles. The number of benzene rings is 1. The fourth-order valence-corrected chi connectivity index (χ4v) is 2.28. The minimum absolute atomic E-state index is 0.544. The van der Waals surface area contributed by atoms with Crippen molar-refractivity contribution in [2.75, 3.05) is 18.0 Å². The molecule has 2 rings (SSSR count). The van der Waals surface area contributed by atoms with E-state index in [1.807, 2.05) is 12.1 Å². The fraction of sp³-hybridized carbons (Fsp3) is 0.375. The zero-order valence-electron chi connectivity index (χ0n) is 13.1. The second-order valence-corrected chi connectivity index (χ2v) is 5.73. The van der Waals surface area contributed by atoms with Crippen LogP contribution in [0.15, 0.2) is 36.4 Å². The molecule has 6 nitrogen and oxygen atoms in total. The number of carbonyl (C=O) groups is 2. The van der Waals surface area contributed by atoms with Gasteiger partial charge in [-0.15, -0.1) is 0 Å². The van der Waals surface area contributed by atoms with Crippen LogP contribution in [0.4, 0.5) is 5.69 Å². The van der Waals surface area contributed by atoms with Crippen LogP contribution in [0.2, 0.25) is 5.02 Å². The Kier molecular flexibility index (Phi) is 7.57. The van der Waals surface area contributed by atoms with Gasteiger partial charge in [-0.05, 0) is 38.1 Å². The molecular formula is C16H21ClN2O4. The van der Waals surface area contributed by atoms with E-state index in [0.29, 0.717) is 24.2 Å². The summed E-state index contributed by atoms with van der Waals surface area (Å²) in [7, 11) is 0. The first-order valence-electron chi connectivity index (χ1n) is 7.19. The Morgan fingerprint density at radius 3 is 2.17 bits per heavy atom. The predicted molar refractivity (Wildman–Crippen MR) is 90.1 cm³/mol. The number of rotatable bonds is 3. The molecule has 2 atom stereocenters. The molecule has 1 heterocycles. The van der Waals surface area contributed by atoms with Gasteiger partial charge in [0.15, 0.2) is 0 Å². The zero-order valence-corrected chi connectivity index (χ0v) is 13.8. The Morgan fingerprint density at radius 2 is 1.70 bits per heavy atom. The maximum atomic E-state index is 9.55. The quantitative estimate of drug-likeness (QED) is 0.731. The summed E-state index contributed by atoms with van der Waals surface area (Å²) in [4.78, 5) is 21.5. The van der Waals surface area contributed by atoms with Crippen LogP contribution in [0.25, 0.3) is 0 Å². The maximum absolute atomic E-state index is 9.55. The van der Waals surface area contributed by atoms with Crippen molar-refractivity contribution in [1.82, 2.24) is 5.32 Å². The molecule has 3 N–H and O–H groups in total. The van der Waals surface area contributed by atoms with Crippen molar-refractivity contribution in [3.05, 3.63) is 41.4 Å². The first-order chi connectivity index (χ1) is 10.8. The smallest absolute Gasteiger partial charge is 0.328 e. The molecule has 0 bridgehead atoms. The van der Waals surface area contributed by atoms with E-state index >= 15 is 0 Å².